The Labute approximate surface area is 68.1 Å². The van der Waals surface area contributed by atoms with E-state index >= 15 is 0 Å². The molecule has 2 nitrogen and oxygen atoms in total. The standard InChI is InChI=1S/C9H17NO/c10-6-8-5-7-3-1-2-4-9(7)11-8/h7-9H,1-6,10H2. The maximum Gasteiger partial charge on any atom is 0.0704 e. The zero-order valence-corrected chi connectivity index (χ0v) is 6.96. The van der Waals surface area contributed by atoms with Crippen LogP contribution in [0.2, 0.25) is 0 Å². The molecule has 1 saturated heterocycles. The highest BCUT2D eigenvalue weighted by Gasteiger charge is 2.35. The van der Waals surface area contributed by atoms with Crippen LogP contribution in [0.15, 0.2) is 0 Å². The first-order valence-corrected chi connectivity index (χ1v) is 4.75. The molecule has 0 radical (unpaired) electrons. The molecule has 3 unspecified atom stereocenters. The average molecular weight is 155 g/mol. The quantitative estimate of drug-likeness (QED) is 0.619. The van der Waals surface area contributed by atoms with Crippen LogP contribution in [0.5, 0.6) is 0 Å². The molecule has 3 atom stereocenters. The molecule has 0 aromatic rings. The fourth-order valence-corrected chi connectivity index (χ4v) is 2.41. The van der Waals surface area contributed by atoms with E-state index < -0.39 is 0 Å². The summed E-state index contributed by atoms with van der Waals surface area (Å²) < 4.78 is 5.79. The zero-order valence-electron chi connectivity index (χ0n) is 6.96. The second-order valence-corrected chi connectivity index (χ2v) is 3.81. The SMILES string of the molecule is NCC1CC2CCCCC2O1. The highest BCUT2D eigenvalue weighted by molar-refractivity contribution is 4.85. The van der Waals surface area contributed by atoms with E-state index in [1.54, 1.807) is 0 Å². The summed E-state index contributed by atoms with van der Waals surface area (Å²) in [6.07, 6.45) is 7.59. The Morgan fingerprint density at radius 2 is 2.09 bits per heavy atom. The van der Waals surface area contributed by atoms with Crippen LogP contribution in [0.1, 0.15) is 32.1 Å². The highest BCUT2D eigenvalue weighted by atomic mass is 16.5. The van der Waals surface area contributed by atoms with Crippen molar-refractivity contribution >= 4 is 0 Å². The summed E-state index contributed by atoms with van der Waals surface area (Å²) in [5, 5.41) is 0. The molecule has 11 heavy (non-hydrogen) atoms. The van der Waals surface area contributed by atoms with Gasteiger partial charge in [-0.05, 0) is 25.2 Å². The van der Waals surface area contributed by atoms with Crippen LogP contribution in [0, 0.1) is 5.92 Å². The molecule has 64 valence electrons. The Balaban J connectivity index is 1.92. The molecule has 0 amide bonds. The van der Waals surface area contributed by atoms with Gasteiger partial charge in [-0.1, -0.05) is 12.8 Å². The van der Waals surface area contributed by atoms with Crippen molar-refractivity contribution in [3.8, 4) is 0 Å². The third kappa shape index (κ3) is 1.42. The first-order valence-electron chi connectivity index (χ1n) is 4.75. The molecule has 0 aromatic heterocycles. The van der Waals surface area contributed by atoms with Crippen molar-refractivity contribution in [1.29, 1.82) is 0 Å². The van der Waals surface area contributed by atoms with Crippen molar-refractivity contribution < 1.29 is 4.74 Å². The van der Waals surface area contributed by atoms with Crippen molar-refractivity contribution in [2.45, 2.75) is 44.3 Å². The number of hydrogen-bond donors (Lipinski definition) is 1. The van der Waals surface area contributed by atoms with Gasteiger partial charge in [0.2, 0.25) is 0 Å². The lowest BCUT2D eigenvalue weighted by molar-refractivity contribution is 0.0231. The van der Waals surface area contributed by atoms with Crippen LogP contribution >= 0.6 is 0 Å². The van der Waals surface area contributed by atoms with E-state index in [1.807, 2.05) is 0 Å². The molecule has 2 aliphatic rings. The first-order chi connectivity index (χ1) is 5.40. The van der Waals surface area contributed by atoms with Crippen LogP contribution in [-0.4, -0.2) is 18.8 Å². The van der Waals surface area contributed by atoms with Gasteiger partial charge >= 0.3 is 0 Å². The lowest BCUT2D eigenvalue weighted by Crippen LogP contribution is -2.22. The fraction of sp³-hybridized carbons (Fsp3) is 1.00. The third-order valence-corrected chi connectivity index (χ3v) is 3.04. The van der Waals surface area contributed by atoms with Gasteiger partial charge in [0.15, 0.2) is 0 Å². The Kier molecular flexibility index (Phi) is 2.14. The minimum Gasteiger partial charge on any atom is -0.373 e. The smallest absolute Gasteiger partial charge is 0.0704 e. The van der Waals surface area contributed by atoms with E-state index in [0.717, 1.165) is 5.92 Å². The minimum atomic E-state index is 0.378. The van der Waals surface area contributed by atoms with Gasteiger partial charge in [0.25, 0.3) is 0 Å². The molecule has 2 fully saturated rings. The zero-order chi connectivity index (χ0) is 7.68. The summed E-state index contributed by atoms with van der Waals surface area (Å²) in [6, 6.07) is 0. The summed E-state index contributed by atoms with van der Waals surface area (Å²) >= 11 is 0. The van der Waals surface area contributed by atoms with Crippen molar-refractivity contribution in [2.24, 2.45) is 11.7 Å². The molecule has 1 saturated carbocycles. The predicted molar refractivity (Wildman–Crippen MR) is 44.3 cm³/mol. The molecule has 2 N–H and O–H groups in total. The van der Waals surface area contributed by atoms with Gasteiger partial charge in [-0.25, -0.2) is 0 Å². The Morgan fingerprint density at radius 1 is 1.27 bits per heavy atom. The Morgan fingerprint density at radius 3 is 2.82 bits per heavy atom. The normalized spacial score (nSPS) is 43.9. The second kappa shape index (κ2) is 3.11. The largest absolute Gasteiger partial charge is 0.373 e. The maximum atomic E-state index is 5.79. The van der Waals surface area contributed by atoms with Gasteiger partial charge in [-0.2, -0.15) is 0 Å². The van der Waals surface area contributed by atoms with Crippen molar-refractivity contribution in [2.75, 3.05) is 6.54 Å². The van der Waals surface area contributed by atoms with Crippen LogP contribution in [0.3, 0.4) is 0 Å². The van der Waals surface area contributed by atoms with Crippen molar-refractivity contribution in [3.63, 3.8) is 0 Å². The summed E-state index contributed by atoms with van der Waals surface area (Å²) in [5.74, 6) is 0.845. The maximum absolute atomic E-state index is 5.79. The molecule has 1 aliphatic carbocycles. The van der Waals surface area contributed by atoms with Gasteiger partial charge in [-0.15, -0.1) is 0 Å². The molecule has 0 bridgehead atoms. The third-order valence-electron chi connectivity index (χ3n) is 3.04. The van der Waals surface area contributed by atoms with Crippen molar-refractivity contribution in [1.82, 2.24) is 0 Å². The van der Waals surface area contributed by atoms with Gasteiger partial charge in [-0.3, -0.25) is 0 Å². The topological polar surface area (TPSA) is 35.2 Å². The number of rotatable bonds is 1. The fourth-order valence-electron chi connectivity index (χ4n) is 2.41. The molecule has 2 heteroatoms. The number of nitrogens with two attached hydrogens (primary N) is 1. The number of hydrogen-bond acceptors (Lipinski definition) is 2. The molecule has 0 aromatic carbocycles. The van der Waals surface area contributed by atoms with Crippen LogP contribution < -0.4 is 5.73 Å². The second-order valence-electron chi connectivity index (χ2n) is 3.81. The lowest BCUT2D eigenvalue weighted by atomic mass is 9.85. The van der Waals surface area contributed by atoms with Crippen LogP contribution in [0.25, 0.3) is 0 Å². The number of ether oxygens (including phenoxy) is 1. The van der Waals surface area contributed by atoms with Gasteiger partial charge in [0, 0.05) is 6.54 Å². The molecule has 2 rings (SSSR count). The lowest BCUT2D eigenvalue weighted by Gasteiger charge is -2.23. The number of fused-ring (bicyclic) bond motifs is 1. The van der Waals surface area contributed by atoms with E-state index in [9.17, 15) is 0 Å². The van der Waals surface area contributed by atoms with E-state index in [2.05, 4.69) is 0 Å². The Bertz CT molecular complexity index is 124. The van der Waals surface area contributed by atoms with Gasteiger partial charge < -0.3 is 10.5 Å². The Hall–Kier alpha value is -0.0800. The van der Waals surface area contributed by atoms with E-state index in [4.69, 9.17) is 10.5 Å². The summed E-state index contributed by atoms with van der Waals surface area (Å²) in [4.78, 5) is 0. The molecular weight excluding hydrogens is 138 g/mol. The monoisotopic (exact) mass is 155 g/mol. The highest BCUT2D eigenvalue weighted by Crippen LogP contribution is 2.36. The molecule has 1 aliphatic heterocycles. The first kappa shape index (κ1) is 7.56. The van der Waals surface area contributed by atoms with Crippen LogP contribution in [0.4, 0.5) is 0 Å². The van der Waals surface area contributed by atoms with E-state index in [-0.39, 0.29) is 0 Å². The van der Waals surface area contributed by atoms with E-state index in [0.29, 0.717) is 18.8 Å². The summed E-state index contributed by atoms with van der Waals surface area (Å²) in [6.45, 7) is 0.715. The van der Waals surface area contributed by atoms with Gasteiger partial charge in [0.05, 0.1) is 12.2 Å². The molecule has 1 heterocycles. The van der Waals surface area contributed by atoms with Crippen LogP contribution in [-0.2, 0) is 4.74 Å². The van der Waals surface area contributed by atoms with Crippen molar-refractivity contribution in [3.05, 3.63) is 0 Å². The van der Waals surface area contributed by atoms with E-state index in [1.165, 1.54) is 32.1 Å². The average Bonchev–Trinajstić information content (AvgIpc) is 2.46. The summed E-state index contributed by atoms with van der Waals surface area (Å²) in [5.41, 5.74) is 5.56. The summed E-state index contributed by atoms with van der Waals surface area (Å²) in [7, 11) is 0. The minimum absolute atomic E-state index is 0.378. The molecule has 0 spiro atoms. The predicted octanol–water partition coefficient (Wildman–Crippen LogP) is 1.29. The van der Waals surface area contributed by atoms with Gasteiger partial charge in [0.1, 0.15) is 0 Å². The molecular formula is C9H17NO.